The van der Waals surface area contributed by atoms with E-state index in [-0.39, 0.29) is 25.0 Å². The lowest BCUT2D eigenvalue weighted by Gasteiger charge is -2.27. The van der Waals surface area contributed by atoms with Crippen LogP contribution in [0.4, 0.5) is 0 Å². The number of carbonyl (C=O) groups excluding carboxylic acids is 2. The molecule has 4 atom stereocenters. The Kier molecular flexibility index (Phi) is 12.0. The van der Waals surface area contributed by atoms with Gasteiger partial charge in [-0.15, -0.1) is 0 Å². The lowest BCUT2D eigenvalue weighted by atomic mass is 10.1. The minimum atomic E-state index is -1.10. The minimum Gasteiger partial charge on any atom is -0.490 e. The third-order valence-electron chi connectivity index (χ3n) is 8.19. The van der Waals surface area contributed by atoms with Crippen LogP contribution < -0.4 is 20.7 Å². The van der Waals surface area contributed by atoms with Crippen molar-refractivity contribution in [3.05, 3.63) is 42.0 Å². The molecule has 1 aliphatic heterocycles. The Hall–Kier alpha value is -4.20. The number of carboxylic acids is 2. The molecule has 4 rings (SSSR count). The van der Waals surface area contributed by atoms with Crippen LogP contribution in [-0.2, 0) is 14.4 Å². The predicted molar refractivity (Wildman–Crippen MR) is 173 cm³/mol. The van der Waals surface area contributed by atoms with Crippen LogP contribution in [0.1, 0.15) is 63.2 Å². The third kappa shape index (κ3) is 8.74. The number of rotatable bonds is 17. The van der Waals surface area contributed by atoms with Gasteiger partial charge in [0.05, 0.1) is 11.6 Å². The number of fused-ring (bicyclic) bond motifs is 3. The van der Waals surface area contributed by atoms with Crippen molar-refractivity contribution in [2.45, 2.75) is 83.1 Å². The molecule has 0 saturated carbocycles. The number of aromatic amines is 1. The molecular formula is C33H45N5O8. The zero-order chi connectivity index (χ0) is 33.4. The zero-order valence-corrected chi connectivity index (χ0v) is 26.5. The van der Waals surface area contributed by atoms with E-state index < -0.39 is 42.1 Å². The van der Waals surface area contributed by atoms with Crippen LogP contribution in [-0.4, -0.2) is 105 Å². The minimum absolute atomic E-state index is 0.114. The first kappa shape index (κ1) is 34.7. The Morgan fingerprint density at radius 3 is 2.57 bits per heavy atom. The van der Waals surface area contributed by atoms with Crippen molar-refractivity contribution < 1.29 is 39.2 Å². The van der Waals surface area contributed by atoms with Gasteiger partial charge in [-0.1, -0.05) is 19.9 Å². The van der Waals surface area contributed by atoms with Gasteiger partial charge in [-0.3, -0.25) is 19.7 Å². The van der Waals surface area contributed by atoms with Crippen molar-refractivity contribution in [1.29, 1.82) is 0 Å². The van der Waals surface area contributed by atoms with E-state index in [0.29, 0.717) is 56.6 Å². The molecule has 1 aromatic heterocycles. The lowest BCUT2D eigenvalue weighted by molar-refractivity contribution is -0.149. The molecule has 250 valence electrons. The second-order valence-corrected chi connectivity index (χ2v) is 12.2. The maximum Gasteiger partial charge on any atom is 0.326 e. The molecule has 1 aliphatic rings. The SMILES string of the molecule is CC(C)NCC(O)COc1cccc2[nH]c3ccc(C(=O)NCCCCC(N[C@@H](C)C(=O)N4CCC[C@H]4C(=O)O)C(=O)O)cc3c12. The second-order valence-electron chi connectivity index (χ2n) is 12.2. The van der Waals surface area contributed by atoms with Gasteiger partial charge in [0.25, 0.3) is 5.91 Å². The van der Waals surface area contributed by atoms with Gasteiger partial charge >= 0.3 is 11.9 Å². The number of aliphatic carboxylic acids is 2. The number of aliphatic hydroxyl groups excluding tert-OH is 1. The summed E-state index contributed by atoms with van der Waals surface area (Å²) in [6, 6.07) is 8.51. The van der Waals surface area contributed by atoms with Crippen LogP contribution in [0.5, 0.6) is 5.75 Å². The number of benzene rings is 2. The smallest absolute Gasteiger partial charge is 0.326 e. The molecule has 0 bridgehead atoms. The highest BCUT2D eigenvalue weighted by molar-refractivity contribution is 6.12. The molecule has 2 amide bonds. The molecule has 13 heteroatoms. The molecule has 2 unspecified atom stereocenters. The van der Waals surface area contributed by atoms with E-state index in [1.165, 1.54) is 4.90 Å². The fraction of sp³-hybridized carbons (Fsp3) is 0.515. The van der Waals surface area contributed by atoms with E-state index in [0.717, 1.165) is 21.8 Å². The maximum atomic E-state index is 13.0. The van der Waals surface area contributed by atoms with E-state index in [9.17, 15) is 34.5 Å². The molecule has 46 heavy (non-hydrogen) atoms. The molecule has 1 saturated heterocycles. The van der Waals surface area contributed by atoms with Crippen LogP contribution in [0.15, 0.2) is 36.4 Å². The molecule has 7 N–H and O–H groups in total. The Morgan fingerprint density at radius 2 is 1.85 bits per heavy atom. The molecular weight excluding hydrogens is 594 g/mol. The average molecular weight is 640 g/mol. The molecule has 2 heterocycles. The Labute approximate surface area is 267 Å². The van der Waals surface area contributed by atoms with Gasteiger partial charge in [0.2, 0.25) is 5.91 Å². The zero-order valence-electron chi connectivity index (χ0n) is 26.5. The highest BCUT2D eigenvalue weighted by Crippen LogP contribution is 2.34. The number of nitrogens with zero attached hydrogens (tertiary/aromatic N) is 1. The van der Waals surface area contributed by atoms with Crippen molar-refractivity contribution >= 4 is 45.6 Å². The van der Waals surface area contributed by atoms with Crippen molar-refractivity contribution in [2.24, 2.45) is 0 Å². The standard InChI is InChI=1S/C33H45N5O8/c1-19(2)35-17-22(39)18-46-28-11-6-9-25-29(28)23-16-21(12-13-24(23)37-25)30(40)34-14-5-4-8-26(32(42)43)36-20(3)31(41)38-15-7-10-27(38)33(44)45/h6,9,11-13,16,19-20,22,26-27,35-37,39H,4-5,7-8,10,14-15,17-18H2,1-3H3,(H,34,40)(H,42,43)(H,44,45)/t20-,22?,26?,27-/m0/s1. The van der Waals surface area contributed by atoms with Gasteiger partial charge in [0, 0.05) is 47.5 Å². The number of carboxylic acid groups (broad SMARTS) is 2. The summed E-state index contributed by atoms with van der Waals surface area (Å²) < 4.78 is 5.98. The third-order valence-corrected chi connectivity index (χ3v) is 8.19. The number of amides is 2. The van der Waals surface area contributed by atoms with Crippen molar-refractivity contribution in [1.82, 2.24) is 25.8 Å². The predicted octanol–water partition coefficient (Wildman–Crippen LogP) is 2.47. The van der Waals surface area contributed by atoms with Crippen LogP contribution in [0, 0.1) is 0 Å². The highest BCUT2D eigenvalue weighted by Gasteiger charge is 2.36. The summed E-state index contributed by atoms with van der Waals surface area (Å²) in [5, 5.41) is 39.9. The Balaban J connectivity index is 1.30. The normalized spacial score (nSPS) is 16.9. The first-order chi connectivity index (χ1) is 22.0. The first-order valence-electron chi connectivity index (χ1n) is 15.8. The summed E-state index contributed by atoms with van der Waals surface area (Å²) in [5.41, 5.74) is 2.15. The van der Waals surface area contributed by atoms with E-state index in [1.54, 1.807) is 19.1 Å². The average Bonchev–Trinajstić information content (AvgIpc) is 3.66. The summed E-state index contributed by atoms with van der Waals surface area (Å²) in [6.07, 6.45) is 1.53. The molecule has 0 radical (unpaired) electrons. The number of aromatic nitrogens is 1. The molecule has 0 aliphatic carbocycles. The number of H-pyrrole nitrogens is 1. The van der Waals surface area contributed by atoms with Gasteiger partial charge in [0.15, 0.2) is 0 Å². The largest absolute Gasteiger partial charge is 0.490 e. The molecule has 1 fully saturated rings. The highest BCUT2D eigenvalue weighted by atomic mass is 16.5. The van der Waals surface area contributed by atoms with Gasteiger partial charge in [-0.2, -0.15) is 0 Å². The number of hydrogen-bond acceptors (Lipinski definition) is 8. The quantitative estimate of drug-likeness (QED) is 0.108. The number of aliphatic hydroxyl groups is 1. The topological polar surface area (TPSA) is 193 Å². The van der Waals surface area contributed by atoms with Crippen LogP contribution >= 0.6 is 0 Å². The molecule has 0 spiro atoms. The lowest BCUT2D eigenvalue weighted by Crippen LogP contribution is -2.53. The summed E-state index contributed by atoms with van der Waals surface area (Å²) in [7, 11) is 0. The number of nitrogens with one attached hydrogen (secondary N) is 4. The maximum absolute atomic E-state index is 13.0. The fourth-order valence-electron chi connectivity index (χ4n) is 5.76. The van der Waals surface area contributed by atoms with E-state index in [1.807, 2.05) is 38.1 Å². The number of likely N-dealkylation sites (tertiary alicyclic amines) is 1. The molecule has 3 aromatic rings. The Morgan fingerprint density at radius 1 is 1.07 bits per heavy atom. The number of carbonyl (C=O) groups is 4. The number of hydrogen-bond donors (Lipinski definition) is 7. The monoisotopic (exact) mass is 639 g/mol. The molecule has 13 nitrogen and oxygen atoms in total. The summed E-state index contributed by atoms with van der Waals surface area (Å²) >= 11 is 0. The number of unbranched alkanes of at least 4 members (excludes halogenated alkanes) is 1. The van der Waals surface area contributed by atoms with Crippen LogP contribution in [0.2, 0.25) is 0 Å². The van der Waals surface area contributed by atoms with Gasteiger partial charge in [-0.05, 0) is 69.4 Å². The van der Waals surface area contributed by atoms with E-state index in [4.69, 9.17) is 4.74 Å². The second kappa shape index (κ2) is 15.9. The van der Waals surface area contributed by atoms with Crippen LogP contribution in [0.25, 0.3) is 21.8 Å². The summed E-state index contributed by atoms with van der Waals surface area (Å²) in [4.78, 5) is 53.8. The summed E-state index contributed by atoms with van der Waals surface area (Å²) in [6.45, 7) is 6.74. The first-order valence-corrected chi connectivity index (χ1v) is 15.8. The summed E-state index contributed by atoms with van der Waals surface area (Å²) in [5.74, 6) is -2.25. The number of ether oxygens (including phenoxy) is 1. The Bertz CT molecular complexity index is 1540. The van der Waals surface area contributed by atoms with Crippen LogP contribution in [0.3, 0.4) is 0 Å². The fourth-order valence-corrected chi connectivity index (χ4v) is 5.76. The van der Waals surface area contributed by atoms with Gasteiger partial charge in [0.1, 0.15) is 30.5 Å². The van der Waals surface area contributed by atoms with Crippen molar-refractivity contribution in [3.63, 3.8) is 0 Å². The molecule has 2 aromatic carbocycles. The van der Waals surface area contributed by atoms with Crippen molar-refractivity contribution in [2.75, 3.05) is 26.2 Å². The van der Waals surface area contributed by atoms with E-state index >= 15 is 0 Å². The van der Waals surface area contributed by atoms with Gasteiger partial charge < -0.3 is 40.6 Å². The van der Waals surface area contributed by atoms with E-state index in [2.05, 4.69) is 20.9 Å². The van der Waals surface area contributed by atoms with Gasteiger partial charge in [-0.25, -0.2) is 4.79 Å². The van der Waals surface area contributed by atoms with Crippen molar-refractivity contribution in [3.8, 4) is 5.75 Å².